The van der Waals surface area contributed by atoms with Crippen LogP contribution in [0.15, 0.2) is 70.3 Å². The number of rotatable bonds is 6. The molecule has 0 aliphatic carbocycles. The summed E-state index contributed by atoms with van der Waals surface area (Å²) in [6.45, 7) is 3.30. The number of urea groups is 1. The van der Waals surface area contributed by atoms with Crippen LogP contribution in [-0.4, -0.2) is 52.7 Å². The van der Waals surface area contributed by atoms with Crippen molar-refractivity contribution in [3.05, 3.63) is 66.4 Å². The third kappa shape index (κ3) is 6.90. The first-order valence-electron chi connectivity index (χ1n) is 10.2. The number of ether oxygens (including phenoxy) is 1. The van der Waals surface area contributed by atoms with Gasteiger partial charge in [0.15, 0.2) is 5.82 Å². The van der Waals surface area contributed by atoms with Crippen molar-refractivity contribution >= 4 is 23.6 Å². The highest BCUT2D eigenvalue weighted by molar-refractivity contribution is 8.00. The predicted molar refractivity (Wildman–Crippen MR) is 117 cm³/mol. The molecule has 11 heteroatoms. The minimum Gasteiger partial charge on any atom is -0.457 e. The Morgan fingerprint density at radius 3 is 2.48 bits per heavy atom. The van der Waals surface area contributed by atoms with Gasteiger partial charge in [-0.05, 0) is 53.7 Å². The monoisotopic (exact) mass is 478 g/mol. The number of thioether (sulfide) groups is 1. The fraction of sp³-hybridized carbons (Fsp3) is 0.273. The van der Waals surface area contributed by atoms with Gasteiger partial charge in [-0.3, -0.25) is 10.2 Å². The molecular weight excluding hydrogens is 457 g/mol. The number of carbonyl (C=O) groups excluding carboxylic acids is 1. The lowest BCUT2D eigenvalue weighted by atomic mass is 10.2. The average molecular weight is 478 g/mol. The van der Waals surface area contributed by atoms with Crippen LogP contribution in [0, 0.1) is 0 Å². The first kappa shape index (κ1) is 23.0. The number of anilines is 1. The van der Waals surface area contributed by atoms with Crippen LogP contribution in [0.25, 0.3) is 0 Å². The molecule has 33 heavy (non-hydrogen) atoms. The number of piperazine rings is 1. The maximum Gasteiger partial charge on any atom is 0.446 e. The Balaban J connectivity index is 1.27. The number of nitrogens with zero attached hydrogens (tertiary/aromatic N) is 3. The molecule has 0 radical (unpaired) electrons. The summed E-state index contributed by atoms with van der Waals surface area (Å²) in [5.74, 6) is 1.45. The van der Waals surface area contributed by atoms with Crippen LogP contribution in [0.4, 0.5) is 23.8 Å². The number of aromatic nitrogens is 1. The van der Waals surface area contributed by atoms with E-state index in [1.807, 2.05) is 18.2 Å². The van der Waals surface area contributed by atoms with Gasteiger partial charge in [0.2, 0.25) is 0 Å². The highest BCUT2D eigenvalue weighted by Crippen LogP contribution is 2.37. The van der Waals surface area contributed by atoms with Crippen molar-refractivity contribution in [2.24, 2.45) is 0 Å². The van der Waals surface area contributed by atoms with Crippen molar-refractivity contribution in [1.29, 1.82) is 0 Å². The molecule has 1 saturated heterocycles. The van der Waals surface area contributed by atoms with Gasteiger partial charge in [0.05, 0.1) is 0 Å². The van der Waals surface area contributed by atoms with E-state index in [-0.39, 0.29) is 22.7 Å². The van der Waals surface area contributed by atoms with Crippen molar-refractivity contribution in [2.45, 2.75) is 16.9 Å². The normalized spacial score (nSPS) is 14.8. The molecule has 1 N–H and O–H groups in total. The summed E-state index contributed by atoms with van der Waals surface area (Å²) in [5.41, 5.74) is -3.28. The van der Waals surface area contributed by atoms with Gasteiger partial charge in [0.25, 0.3) is 0 Å². The summed E-state index contributed by atoms with van der Waals surface area (Å²) in [6.07, 6.45) is 1.40. The van der Waals surface area contributed by atoms with E-state index >= 15 is 0 Å². The lowest BCUT2D eigenvalue weighted by Crippen LogP contribution is -2.49. The molecule has 4 rings (SSSR count). The van der Waals surface area contributed by atoms with Crippen LogP contribution >= 0.6 is 11.8 Å². The van der Waals surface area contributed by atoms with E-state index < -0.39 is 5.51 Å². The Morgan fingerprint density at radius 2 is 1.82 bits per heavy atom. The fourth-order valence-corrected chi connectivity index (χ4v) is 3.93. The Morgan fingerprint density at radius 1 is 1.06 bits per heavy atom. The van der Waals surface area contributed by atoms with Crippen molar-refractivity contribution < 1.29 is 27.2 Å². The number of hydrogen-bond acceptors (Lipinski definition) is 6. The van der Waals surface area contributed by atoms with Gasteiger partial charge < -0.3 is 14.2 Å². The van der Waals surface area contributed by atoms with E-state index in [0.717, 1.165) is 18.7 Å². The number of nitrogens with one attached hydrogen (secondary N) is 1. The molecule has 0 saturated carbocycles. The first-order valence-corrected chi connectivity index (χ1v) is 11.0. The maximum absolute atomic E-state index is 12.5. The highest BCUT2D eigenvalue weighted by Gasteiger charge is 2.29. The zero-order valence-electron chi connectivity index (χ0n) is 17.4. The van der Waals surface area contributed by atoms with Crippen LogP contribution in [0.2, 0.25) is 0 Å². The second-order valence-corrected chi connectivity index (χ2v) is 8.49. The molecule has 0 atom stereocenters. The second kappa shape index (κ2) is 10.2. The van der Waals surface area contributed by atoms with Gasteiger partial charge in [-0.25, -0.2) is 4.79 Å². The SMILES string of the molecule is O=C(Nc1ccon1)N1CCN(Cc2cccc(Oc3ccc(SC(F)(F)F)cc3)c2)CC1. The lowest BCUT2D eigenvalue weighted by molar-refractivity contribution is -0.0328. The summed E-state index contributed by atoms with van der Waals surface area (Å²) >= 11 is -0.157. The van der Waals surface area contributed by atoms with E-state index in [2.05, 4.69) is 15.4 Å². The van der Waals surface area contributed by atoms with E-state index in [4.69, 9.17) is 9.26 Å². The summed E-state index contributed by atoms with van der Waals surface area (Å²) in [5, 5.41) is 6.37. The summed E-state index contributed by atoms with van der Waals surface area (Å²) in [4.78, 5) is 16.4. The number of alkyl halides is 3. The minimum absolute atomic E-state index is 0.109. The van der Waals surface area contributed by atoms with Crippen molar-refractivity contribution in [3.8, 4) is 11.5 Å². The van der Waals surface area contributed by atoms with Crippen LogP contribution in [0.3, 0.4) is 0 Å². The van der Waals surface area contributed by atoms with E-state index in [9.17, 15) is 18.0 Å². The van der Waals surface area contributed by atoms with Gasteiger partial charge in [0, 0.05) is 43.7 Å². The number of hydrogen-bond donors (Lipinski definition) is 1. The molecule has 0 unspecified atom stereocenters. The molecule has 2 heterocycles. The van der Waals surface area contributed by atoms with Crippen molar-refractivity contribution in [1.82, 2.24) is 15.0 Å². The quantitative estimate of drug-likeness (QED) is 0.477. The Hall–Kier alpha value is -3.18. The molecule has 1 aromatic heterocycles. The van der Waals surface area contributed by atoms with Gasteiger partial charge in [-0.1, -0.05) is 17.3 Å². The summed E-state index contributed by atoms with van der Waals surface area (Å²) in [7, 11) is 0. The molecule has 7 nitrogen and oxygen atoms in total. The van der Waals surface area contributed by atoms with Crippen LogP contribution in [-0.2, 0) is 6.54 Å². The van der Waals surface area contributed by atoms with Crippen molar-refractivity contribution in [2.75, 3.05) is 31.5 Å². The predicted octanol–water partition coefficient (Wildman–Crippen LogP) is 5.43. The van der Waals surface area contributed by atoms with Gasteiger partial charge in [-0.15, -0.1) is 0 Å². The molecule has 0 bridgehead atoms. The third-order valence-corrected chi connectivity index (χ3v) is 5.67. The third-order valence-electron chi connectivity index (χ3n) is 4.93. The number of halogens is 3. The molecule has 0 spiro atoms. The van der Waals surface area contributed by atoms with Crippen LogP contribution in [0.5, 0.6) is 11.5 Å². The zero-order chi connectivity index (χ0) is 23.3. The topological polar surface area (TPSA) is 70.8 Å². The highest BCUT2D eigenvalue weighted by atomic mass is 32.2. The summed E-state index contributed by atoms with van der Waals surface area (Å²) < 4.78 is 47.9. The average Bonchev–Trinajstić information content (AvgIpc) is 3.28. The number of amides is 2. The lowest BCUT2D eigenvalue weighted by Gasteiger charge is -2.34. The molecule has 1 aliphatic heterocycles. The Bertz CT molecular complexity index is 1050. The molecule has 2 aromatic carbocycles. The number of benzene rings is 2. The molecule has 1 aliphatic rings. The molecule has 3 aromatic rings. The number of carbonyl (C=O) groups is 1. The van der Waals surface area contributed by atoms with Crippen molar-refractivity contribution in [3.63, 3.8) is 0 Å². The van der Waals surface area contributed by atoms with E-state index in [0.29, 0.717) is 37.0 Å². The van der Waals surface area contributed by atoms with Crippen LogP contribution < -0.4 is 10.1 Å². The minimum atomic E-state index is -4.32. The smallest absolute Gasteiger partial charge is 0.446 e. The summed E-state index contributed by atoms with van der Waals surface area (Å²) in [6, 6.07) is 14.7. The van der Waals surface area contributed by atoms with Gasteiger partial charge in [0.1, 0.15) is 17.8 Å². The first-order chi connectivity index (χ1) is 15.8. The largest absolute Gasteiger partial charge is 0.457 e. The molecule has 2 amide bonds. The maximum atomic E-state index is 12.5. The Labute approximate surface area is 192 Å². The van der Waals surface area contributed by atoms with Gasteiger partial charge in [-0.2, -0.15) is 13.2 Å². The van der Waals surface area contributed by atoms with Crippen LogP contribution in [0.1, 0.15) is 5.56 Å². The van der Waals surface area contributed by atoms with Gasteiger partial charge >= 0.3 is 11.5 Å². The standard InChI is InChI=1S/C22H21F3N4O3S/c23-22(24,25)33-19-6-4-17(5-7-19)32-18-3-1-2-16(14-18)15-28-9-11-29(12-10-28)21(30)26-20-8-13-31-27-20/h1-8,13-14H,9-12,15H2,(H,26,27,30). The molecule has 1 fully saturated rings. The molecular formula is C22H21F3N4O3S. The second-order valence-electron chi connectivity index (χ2n) is 7.35. The van der Waals surface area contributed by atoms with E-state index in [1.54, 1.807) is 17.0 Å². The van der Waals surface area contributed by atoms with E-state index in [1.165, 1.54) is 30.5 Å². The fourth-order valence-electron chi connectivity index (χ4n) is 3.39. The molecule has 174 valence electrons. The Kier molecular flexibility index (Phi) is 7.09. The zero-order valence-corrected chi connectivity index (χ0v) is 18.2.